The van der Waals surface area contributed by atoms with Crippen molar-refractivity contribution < 1.29 is 4.79 Å². The molecule has 5 aromatic rings. The van der Waals surface area contributed by atoms with Crippen LogP contribution >= 0.6 is 0 Å². The minimum absolute atomic E-state index is 0.0623. The summed E-state index contributed by atoms with van der Waals surface area (Å²) < 4.78 is 1.37. The zero-order chi connectivity index (χ0) is 23.8. The van der Waals surface area contributed by atoms with Gasteiger partial charge in [-0.25, -0.2) is 14.6 Å². The summed E-state index contributed by atoms with van der Waals surface area (Å²) in [6.07, 6.45) is 8.42. The van der Waals surface area contributed by atoms with E-state index in [2.05, 4.69) is 41.5 Å². The van der Waals surface area contributed by atoms with Gasteiger partial charge in [0.1, 0.15) is 22.8 Å². The number of H-pyrrole nitrogens is 1. The number of fused-ring (bicyclic) bond motifs is 2. The standard InChI is InChI=1S/C23H20N10O/c1-12(2)3-19(34)29-16-4-13(7-26-10-16)14-5-17-21(31-32-22(17)28-9-14)23-30-20-15(6-24)8-27-11-18(20)33(23)25/h4-5,7-12H,3,25H2,1-2H3,(H,29,34)(H,28,31,32). The second-order valence-electron chi connectivity index (χ2n) is 8.27. The van der Waals surface area contributed by atoms with Crippen molar-refractivity contribution in [2.75, 3.05) is 11.2 Å². The maximum atomic E-state index is 12.2. The first-order valence-electron chi connectivity index (χ1n) is 10.6. The van der Waals surface area contributed by atoms with E-state index in [9.17, 15) is 10.1 Å². The molecule has 0 fully saturated rings. The first kappa shape index (κ1) is 21.0. The molecule has 5 heterocycles. The second-order valence-corrected chi connectivity index (χ2v) is 8.27. The van der Waals surface area contributed by atoms with Gasteiger partial charge in [0.15, 0.2) is 11.5 Å². The summed E-state index contributed by atoms with van der Waals surface area (Å²) in [7, 11) is 0. The minimum atomic E-state index is -0.0623. The molecule has 0 aliphatic heterocycles. The summed E-state index contributed by atoms with van der Waals surface area (Å²) in [5, 5.41) is 20.2. The molecule has 5 rings (SSSR count). The second kappa shape index (κ2) is 8.25. The predicted molar refractivity (Wildman–Crippen MR) is 127 cm³/mol. The fourth-order valence-corrected chi connectivity index (χ4v) is 3.75. The molecule has 0 aliphatic rings. The van der Waals surface area contributed by atoms with Crippen LogP contribution in [0.5, 0.6) is 0 Å². The van der Waals surface area contributed by atoms with Crippen molar-refractivity contribution in [2.45, 2.75) is 20.3 Å². The van der Waals surface area contributed by atoms with E-state index in [1.807, 2.05) is 26.0 Å². The molecule has 0 radical (unpaired) electrons. The number of hydrogen-bond donors (Lipinski definition) is 3. The Kier molecular flexibility index (Phi) is 5.10. The van der Waals surface area contributed by atoms with Gasteiger partial charge in [0.2, 0.25) is 5.91 Å². The minimum Gasteiger partial charge on any atom is -0.337 e. The van der Waals surface area contributed by atoms with Crippen LogP contribution in [-0.2, 0) is 4.79 Å². The Morgan fingerprint density at radius 3 is 2.76 bits per heavy atom. The fourth-order valence-electron chi connectivity index (χ4n) is 3.75. The van der Waals surface area contributed by atoms with E-state index in [1.54, 1.807) is 24.8 Å². The van der Waals surface area contributed by atoms with E-state index in [0.717, 1.165) is 11.1 Å². The van der Waals surface area contributed by atoms with Gasteiger partial charge in [0.25, 0.3) is 0 Å². The topological polar surface area (TPSA) is 164 Å². The summed E-state index contributed by atoms with van der Waals surface area (Å²) in [6, 6.07) is 5.83. The summed E-state index contributed by atoms with van der Waals surface area (Å²) >= 11 is 0. The Hall–Kier alpha value is -4.85. The van der Waals surface area contributed by atoms with Gasteiger partial charge in [-0.1, -0.05) is 13.8 Å². The molecule has 11 heteroatoms. The first-order valence-corrected chi connectivity index (χ1v) is 10.6. The van der Waals surface area contributed by atoms with Crippen LogP contribution in [0, 0.1) is 17.2 Å². The van der Waals surface area contributed by atoms with Crippen molar-refractivity contribution in [3.63, 3.8) is 0 Å². The Morgan fingerprint density at radius 2 is 1.97 bits per heavy atom. The normalized spacial score (nSPS) is 11.2. The van der Waals surface area contributed by atoms with Gasteiger partial charge in [0.05, 0.1) is 29.0 Å². The average Bonchev–Trinajstić information content (AvgIpc) is 3.39. The number of pyridine rings is 3. The van der Waals surface area contributed by atoms with E-state index >= 15 is 0 Å². The maximum Gasteiger partial charge on any atom is 0.224 e. The molecule has 168 valence electrons. The van der Waals surface area contributed by atoms with Crippen molar-refractivity contribution in [1.29, 1.82) is 5.26 Å². The van der Waals surface area contributed by atoms with Crippen molar-refractivity contribution in [1.82, 2.24) is 34.8 Å². The molecule has 1 amide bonds. The number of nitriles is 1. The zero-order valence-corrected chi connectivity index (χ0v) is 18.4. The molecule has 34 heavy (non-hydrogen) atoms. The van der Waals surface area contributed by atoms with Gasteiger partial charge in [0, 0.05) is 36.1 Å². The van der Waals surface area contributed by atoms with E-state index in [0.29, 0.717) is 51.3 Å². The molecule has 0 aromatic carbocycles. The van der Waals surface area contributed by atoms with Crippen molar-refractivity contribution in [2.24, 2.45) is 5.92 Å². The maximum absolute atomic E-state index is 12.2. The van der Waals surface area contributed by atoms with Crippen LogP contribution in [-0.4, -0.2) is 40.7 Å². The number of nitrogen functional groups attached to an aromatic ring is 1. The quantitative estimate of drug-likeness (QED) is 0.342. The smallest absolute Gasteiger partial charge is 0.224 e. The number of carbonyl (C=O) groups excluding carboxylic acids is 1. The largest absolute Gasteiger partial charge is 0.337 e. The van der Waals surface area contributed by atoms with Gasteiger partial charge < -0.3 is 11.2 Å². The third kappa shape index (κ3) is 3.67. The van der Waals surface area contributed by atoms with Crippen LogP contribution in [0.15, 0.2) is 43.1 Å². The van der Waals surface area contributed by atoms with Crippen molar-refractivity contribution in [3.05, 3.63) is 48.7 Å². The Morgan fingerprint density at radius 1 is 1.18 bits per heavy atom. The number of amides is 1. The van der Waals surface area contributed by atoms with Gasteiger partial charge in [-0.05, 0) is 18.1 Å². The summed E-state index contributed by atoms with van der Waals surface area (Å²) in [5.41, 5.74) is 4.51. The number of nitrogens with zero attached hydrogens (tertiary/aromatic N) is 7. The SMILES string of the molecule is CC(C)CC(=O)Nc1cncc(-c2cnc3n[nH]c(-c4nc5c(C#N)cncc5n4N)c3c2)c1. The highest BCUT2D eigenvalue weighted by Gasteiger charge is 2.19. The predicted octanol–water partition coefficient (Wildman–Crippen LogP) is 3.00. The molecule has 0 unspecified atom stereocenters. The monoisotopic (exact) mass is 452 g/mol. The van der Waals surface area contributed by atoms with Crippen LogP contribution in [0.4, 0.5) is 5.69 Å². The molecule has 5 aromatic heterocycles. The lowest BCUT2D eigenvalue weighted by molar-refractivity contribution is -0.116. The lowest BCUT2D eigenvalue weighted by Gasteiger charge is -2.08. The number of aromatic nitrogens is 7. The molecule has 11 nitrogen and oxygen atoms in total. The zero-order valence-electron chi connectivity index (χ0n) is 18.4. The summed E-state index contributed by atoms with van der Waals surface area (Å²) in [6.45, 7) is 3.98. The molecular weight excluding hydrogens is 432 g/mol. The molecule has 0 spiro atoms. The molecule has 0 bridgehead atoms. The van der Waals surface area contributed by atoms with E-state index in [1.165, 1.54) is 10.9 Å². The average molecular weight is 452 g/mol. The summed E-state index contributed by atoms with van der Waals surface area (Å²) in [4.78, 5) is 29.5. The van der Waals surface area contributed by atoms with Crippen LogP contribution in [0.3, 0.4) is 0 Å². The van der Waals surface area contributed by atoms with Gasteiger partial charge in [-0.15, -0.1) is 0 Å². The van der Waals surface area contributed by atoms with Gasteiger partial charge >= 0.3 is 0 Å². The number of aromatic amines is 1. The number of nitrogens with one attached hydrogen (secondary N) is 2. The van der Waals surface area contributed by atoms with E-state index in [-0.39, 0.29) is 11.8 Å². The van der Waals surface area contributed by atoms with Crippen LogP contribution in [0.1, 0.15) is 25.8 Å². The molecule has 0 atom stereocenters. The van der Waals surface area contributed by atoms with Gasteiger partial charge in [-0.2, -0.15) is 10.4 Å². The van der Waals surface area contributed by atoms with Crippen molar-refractivity contribution >= 4 is 33.7 Å². The Bertz CT molecular complexity index is 1590. The number of carbonyl (C=O) groups is 1. The Balaban J connectivity index is 1.56. The highest BCUT2D eigenvalue weighted by atomic mass is 16.1. The van der Waals surface area contributed by atoms with E-state index < -0.39 is 0 Å². The lowest BCUT2D eigenvalue weighted by atomic mass is 10.1. The molecule has 0 saturated heterocycles. The van der Waals surface area contributed by atoms with Crippen molar-refractivity contribution in [3.8, 4) is 28.7 Å². The number of nitrogens with two attached hydrogens (primary N) is 1. The fraction of sp³-hybridized carbons (Fsp3) is 0.174. The highest BCUT2D eigenvalue weighted by Crippen LogP contribution is 2.31. The molecule has 4 N–H and O–H groups in total. The van der Waals surface area contributed by atoms with Crippen LogP contribution in [0.25, 0.3) is 44.7 Å². The number of anilines is 1. The number of hydrogen-bond acceptors (Lipinski definition) is 8. The molecular formula is C23H20N10O. The van der Waals surface area contributed by atoms with Crippen LogP contribution in [0.2, 0.25) is 0 Å². The number of imidazole rings is 1. The van der Waals surface area contributed by atoms with Gasteiger partial charge in [-0.3, -0.25) is 19.9 Å². The molecule has 0 aliphatic carbocycles. The summed E-state index contributed by atoms with van der Waals surface area (Å²) in [5.74, 6) is 6.87. The lowest BCUT2D eigenvalue weighted by Crippen LogP contribution is -2.13. The third-order valence-electron chi connectivity index (χ3n) is 5.31. The number of rotatable bonds is 5. The molecule has 0 saturated carbocycles. The van der Waals surface area contributed by atoms with Crippen LogP contribution < -0.4 is 11.2 Å². The third-order valence-corrected chi connectivity index (χ3v) is 5.31. The first-order chi connectivity index (χ1) is 16.4. The highest BCUT2D eigenvalue weighted by molar-refractivity contribution is 5.95. The van der Waals surface area contributed by atoms with E-state index in [4.69, 9.17) is 5.84 Å². The Labute approximate surface area is 193 Å².